The lowest BCUT2D eigenvalue weighted by Crippen LogP contribution is -2.11. The first kappa shape index (κ1) is 13.5. The summed E-state index contributed by atoms with van der Waals surface area (Å²) < 4.78 is 33.5. The Bertz CT molecular complexity index is 513. The molecule has 2 N–H and O–H groups in total. The highest BCUT2D eigenvalue weighted by molar-refractivity contribution is 7.92. The Morgan fingerprint density at radius 3 is 2.56 bits per heavy atom. The molecule has 1 unspecified atom stereocenters. The van der Waals surface area contributed by atoms with E-state index in [9.17, 15) is 12.6 Å². The van der Waals surface area contributed by atoms with Crippen LogP contribution in [0, 0.1) is 0 Å². The highest BCUT2D eigenvalue weighted by Crippen LogP contribution is 2.21. The van der Waals surface area contributed by atoms with Crippen molar-refractivity contribution in [1.82, 2.24) is 0 Å². The summed E-state index contributed by atoms with van der Waals surface area (Å²) in [6, 6.07) is 4.63. The van der Waals surface area contributed by atoms with Gasteiger partial charge in [0.2, 0.25) is 0 Å². The predicted octanol–water partition coefficient (Wildman–Crippen LogP) is 1.07. The molecule has 0 saturated heterocycles. The van der Waals surface area contributed by atoms with Gasteiger partial charge in [-0.15, -0.1) is 0 Å². The maximum Gasteiger partial charge on any atom is 0.148 e. The average molecular weight is 282 g/mol. The van der Waals surface area contributed by atoms with Gasteiger partial charge in [-0.2, -0.15) is 0 Å². The molecular formula is C9H12ClNO3S2. The lowest BCUT2D eigenvalue weighted by molar-refractivity contribution is 0.602. The summed E-state index contributed by atoms with van der Waals surface area (Å²) in [5.74, 6) is -0.0410. The molecule has 0 bridgehead atoms. The molecule has 0 saturated carbocycles. The number of anilines is 1. The van der Waals surface area contributed by atoms with Gasteiger partial charge in [0.1, 0.15) is 9.84 Å². The van der Waals surface area contributed by atoms with Gasteiger partial charge in [-0.25, -0.2) is 8.42 Å². The maximum absolute atomic E-state index is 11.7. The first-order valence-corrected chi connectivity index (χ1v) is 8.16. The zero-order chi connectivity index (χ0) is 12.3. The summed E-state index contributed by atoms with van der Waals surface area (Å²) in [7, 11) is -4.46. The van der Waals surface area contributed by atoms with Gasteiger partial charge in [-0.05, 0) is 18.2 Å². The van der Waals surface area contributed by atoms with Gasteiger partial charge in [0, 0.05) is 16.9 Å². The Morgan fingerprint density at radius 2 is 2.06 bits per heavy atom. The van der Waals surface area contributed by atoms with Crippen molar-refractivity contribution in [3.8, 4) is 0 Å². The lowest BCUT2D eigenvalue weighted by atomic mass is 10.3. The third-order valence-electron chi connectivity index (χ3n) is 1.87. The fraction of sp³-hybridized carbons (Fsp3) is 0.333. The second-order valence-corrected chi connectivity index (χ2v) is 7.60. The molecule has 7 heteroatoms. The maximum atomic E-state index is 11.7. The van der Waals surface area contributed by atoms with Crippen LogP contribution in [0.1, 0.15) is 0 Å². The molecule has 0 amide bonds. The molecule has 1 aromatic carbocycles. The van der Waals surface area contributed by atoms with E-state index in [0.717, 1.165) is 6.26 Å². The Hall–Kier alpha value is -0.590. The van der Waals surface area contributed by atoms with E-state index in [1.54, 1.807) is 12.1 Å². The van der Waals surface area contributed by atoms with Crippen LogP contribution in [-0.4, -0.2) is 30.4 Å². The highest BCUT2D eigenvalue weighted by Gasteiger charge is 2.10. The summed E-state index contributed by atoms with van der Waals surface area (Å²) in [5, 5.41) is 0.324. The standard InChI is InChI=1S/C9H12ClNO3S2/c1-16(13,14)5-4-15(12)7-2-3-9(11)8(10)6-7/h2-3,6H,4-5,11H2,1H3. The van der Waals surface area contributed by atoms with E-state index in [1.165, 1.54) is 6.07 Å². The summed E-state index contributed by atoms with van der Waals surface area (Å²) >= 11 is 5.77. The highest BCUT2D eigenvalue weighted by atomic mass is 35.5. The van der Waals surface area contributed by atoms with E-state index in [0.29, 0.717) is 15.6 Å². The van der Waals surface area contributed by atoms with Crippen molar-refractivity contribution < 1.29 is 12.6 Å². The summed E-state index contributed by atoms with van der Waals surface area (Å²) in [5.41, 5.74) is 5.91. The third kappa shape index (κ3) is 4.11. The van der Waals surface area contributed by atoms with Crippen molar-refractivity contribution in [3.63, 3.8) is 0 Å². The van der Waals surface area contributed by atoms with Crippen LogP contribution in [0.2, 0.25) is 5.02 Å². The summed E-state index contributed by atoms with van der Waals surface area (Å²) in [6.07, 6.45) is 1.11. The van der Waals surface area contributed by atoms with Crippen molar-refractivity contribution in [2.45, 2.75) is 4.90 Å². The minimum absolute atomic E-state index is 0.0685. The number of nitrogens with two attached hydrogens (primary N) is 1. The van der Waals surface area contributed by atoms with Crippen LogP contribution in [0.4, 0.5) is 5.69 Å². The van der Waals surface area contributed by atoms with Crippen LogP contribution >= 0.6 is 11.6 Å². The summed E-state index contributed by atoms with van der Waals surface area (Å²) in [4.78, 5) is 0.489. The molecule has 4 nitrogen and oxygen atoms in total. The molecule has 1 atom stereocenters. The van der Waals surface area contributed by atoms with Gasteiger partial charge < -0.3 is 5.73 Å². The van der Waals surface area contributed by atoms with E-state index < -0.39 is 20.6 Å². The van der Waals surface area contributed by atoms with Crippen molar-refractivity contribution in [2.75, 3.05) is 23.5 Å². The van der Waals surface area contributed by atoms with E-state index in [-0.39, 0.29) is 11.5 Å². The van der Waals surface area contributed by atoms with Crippen molar-refractivity contribution in [1.29, 1.82) is 0 Å². The molecule has 0 spiro atoms. The molecular weight excluding hydrogens is 270 g/mol. The first-order chi connectivity index (χ1) is 7.29. The van der Waals surface area contributed by atoms with Crippen LogP contribution in [0.5, 0.6) is 0 Å². The van der Waals surface area contributed by atoms with E-state index in [1.807, 2.05) is 0 Å². The van der Waals surface area contributed by atoms with Gasteiger partial charge in [-0.3, -0.25) is 4.21 Å². The summed E-state index contributed by atoms with van der Waals surface area (Å²) in [6.45, 7) is 0. The monoisotopic (exact) mass is 281 g/mol. The number of hydrogen-bond acceptors (Lipinski definition) is 4. The van der Waals surface area contributed by atoms with Gasteiger partial charge in [0.25, 0.3) is 0 Å². The largest absolute Gasteiger partial charge is 0.398 e. The fourth-order valence-corrected chi connectivity index (χ4v) is 3.76. The molecule has 1 aromatic rings. The number of halogens is 1. The van der Waals surface area contributed by atoms with Crippen LogP contribution in [0.15, 0.2) is 23.1 Å². The molecule has 16 heavy (non-hydrogen) atoms. The van der Waals surface area contributed by atoms with Crippen molar-refractivity contribution >= 4 is 37.9 Å². The third-order valence-corrected chi connectivity index (χ3v) is 4.76. The first-order valence-electron chi connectivity index (χ1n) is 4.41. The molecule has 0 aromatic heterocycles. The van der Waals surface area contributed by atoms with Crippen LogP contribution in [-0.2, 0) is 20.6 Å². The molecule has 0 fully saturated rings. The number of rotatable bonds is 4. The van der Waals surface area contributed by atoms with E-state index in [4.69, 9.17) is 17.3 Å². The normalized spacial score (nSPS) is 13.6. The lowest BCUT2D eigenvalue weighted by Gasteiger charge is -2.03. The molecule has 0 aliphatic rings. The van der Waals surface area contributed by atoms with Crippen molar-refractivity contribution in [3.05, 3.63) is 23.2 Å². The number of hydrogen-bond donors (Lipinski definition) is 1. The molecule has 0 aliphatic carbocycles. The smallest absolute Gasteiger partial charge is 0.148 e. The number of sulfone groups is 1. The fourth-order valence-electron chi connectivity index (χ4n) is 0.994. The number of benzene rings is 1. The van der Waals surface area contributed by atoms with Gasteiger partial charge in [-0.1, -0.05) is 11.6 Å². The Labute approximate surface area is 102 Å². The minimum Gasteiger partial charge on any atom is -0.398 e. The van der Waals surface area contributed by atoms with E-state index in [2.05, 4.69) is 0 Å². The minimum atomic E-state index is -3.10. The second-order valence-electron chi connectivity index (χ2n) is 3.36. The molecule has 0 aliphatic heterocycles. The molecule has 1 rings (SSSR count). The zero-order valence-corrected chi connectivity index (χ0v) is 11.0. The van der Waals surface area contributed by atoms with Crippen LogP contribution < -0.4 is 5.73 Å². The van der Waals surface area contributed by atoms with E-state index >= 15 is 0 Å². The SMILES string of the molecule is CS(=O)(=O)CCS(=O)c1ccc(N)c(Cl)c1. The van der Waals surface area contributed by atoms with Crippen LogP contribution in [0.3, 0.4) is 0 Å². The Balaban J connectivity index is 2.78. The van der Waals surface area contributed by atoms with Gasteiger partial charge in [0.05, 0.1) is 27.3 Å². The number of nitrogen functional groups attached to an aromatic ring is 1. The molecule has 0 radical (unpaired) electrons. The molecule has 90 valence electrons. The zero-order valence-electron chi connectivity index (χ0n) is 8.64. The second kappa shape index (κ2) is 5.16. The van der Waals surface area contributed by atoms with Crippen molar-refractivity contribution in [2.24, 2.45) is 0 Å². The average Bonchev–Trinajstić information content (AvgIpc) is 2.17. The Morgan fingerprint density at radius 1 is 1.44 bits per heavy atom. The van der Waals surface area contributed by atoms with Gasteiger partial charge >= 0.3 is 0 Å². The van der Waals surface area contributed by atoms with Gasteiger partial charge in [0.15, 0.2) is 0 Å². The molecule has 0 heterocycles. The van der Waals surface area contributed by atoms with Crippen LogP contribution in [0.25, 0.3) is 0 Å². The predicted molar refractivity (Wildman–Crippen MR) is 66.9 cm³/mol. The Kier molecular flexibility index (Phi) is 4.35. The quantitative estimate of drug-likeness (QED) is 0.838. The topological polar surface area (TPSA) is 77.2 Å².